The number of primary amides is 1. The first kappa shape index (κ1) is 11.7. The summed E-state index contributed by atoms with van der Waals surface area (Å²) in [5.74, 6) is 2.45. The number of ether oxygens (including phenoxy) is 1. The van der Waals surface area contributed by atoms with Crippen LogP contribution in [0.5, 0.6) is 0 Å². The van der Waals surface area contributed by atoms with E-state index in [0.717, 1.165) is 5.56 Å². The molecule has 16 heavy (non-hydrogen) atoms. The second-order valence-corrected chi connectivity index (χ2v) is 6.15. The van der Waals surface area contributed by atoms with Crippen molar-refractivity contribution in [3.63, 3.8) is 0 Å². The van der Waals surface area contributed by atoms with E-state index >= 15 is 0 Å². The van der Waals surface area contributed by atoms with E-state index in [0.29, 0.717) is 4.58 Å². The van der Waals surface area contributed by atoms with E-state index in [-0.39, 0.29) is 6.61 Å². The van der Waals surface area contributed by atoms with Crippen LogP contribution in [0.15, 0.2) is 24.3 Å². The maximum atomic E-state index is 10.4. The fourth-order valence-electron chi connectivity index (χ4n) is 1.48. The van der Waals surface area contributed by atoms with Crippen LogP contribution < -0.4 is 5.73 Å². The highest BCUT2D eigenvalue weighted by molar-refractivity contribution is 8.19. The number of hydrogen-bond donors (Lipinski definition) is 1. The van der Waals surface area contributed by atoms with Crippen molar-refractivity contribution in [3.05, 3.63) is 35.4 Å². The van der Waals surface area contributed by atoms with Gasteiger partial charge in [-0.15, -0.1) is 23.5 Å². The topological polar surface area (TPSA) is 52.3 Å². The van der Waals surface area contributed by atoms with E-state index in [2.05, 4.69) is 12.1 Å². The van der Waals surface area contributed by atoms with E-state index < -0.39 is 6.09 Å². The molecule has 3 nitrogen and oxygen atoms in total. The van der Waals surface area contributed by atoms with Gasteiger partial charge in [-0.25, -0.2) is 4.79 Å². The molecule has 1 amide bonds. The lowest BCUT2D eigenvalue weighted by molar-refractivity contribution is 0.150. The molecule has 0 unspecified atom stereocenters. The summed E-state index contributed by atoms with van der Waals surface area (Å²) < 4.78 is 5.28. The molecule has 0 atom stereocenters. The number of rotatable bonds is 3. The zero-order valence-electron chi connectivity index (χ0n) is 8.72. The predicted molar refractivity (Wildman–Crippen MR) is 68.5 cm³/mol. The fraction of sp³-hybridized carbons (Fsp3) is 0.364. The lowest BCUT2D eigenvalue weighted by atomic mass is 10.2. The van der Waals surface area contributed by atoms with Crippen molar-refractivity contribution in [3.8, 4) is 0 Å². The Kier molecular flexibility index (Phi) is 4.01. The number of hydrogen-bond acceptors (Lipinski definition) is 4. The Balaban J connectivity index is 1.95. The number of nitrogens with two attached hydrogens (primary N) is 1. The summed E-state index contributed by atoms with van der Waals surface area (Å²) in [7, 11) is 0. The molecule has 0 radical (unpaired) electrons. The zero-order chi connectivity index (χ0) is 11.4. The van der Waals surface area contributed by atoms with Gasteiger partial charge in [-0.3, -0.25) is 0 Å². The van der Waals surface area contributed by atoms with Crippen LogP contribution in [-0.4, -0.2) is 17.6 Å². The largest absolute Gasteiger partial charge is 0.445 e. The quantitative estimate of drug-likeness (QED) is 0.902. The van der Waals surface area contributed by atoms with Crippen LogP contribution in [0.2, 0.25) is 0 Å². The summed E-state index contributed by atoms with van der Waals surface area (Å²) >= 11 is 3.95. The van der Waals surface area contributed by atoms with Gasteiger partial charge in [-0.1, -0.05) is 24.3 Å². The maximum Gasteiger partial charge on any atom is 0.404 e. The van der Waals surface area contributed by atoms with Gasteiger partial charge in [0.25, 0.3) is 0 Å². The van der Waals surface area contributed by atoms with Gasteiger partial charge in [-0.05, 0) is 11.1 Å². The van der Waals surface area contributed by atoms with E-state index in [1.54, 1.807) is 0 Å². The molecule has 1 aliphatic heterocycles. The van der Waals surface area contributed by atoms with Crippen molar-refractivity contribution >= 4 is 29.6 Å². The average Bonchev–Trinajstić information content (AvgIpc) is 2.80. The number of carbonyl (C=O) groups is 1. The average molecular weight is 255 g/mol. The van der Waals surface area contributed by atoms with Crippen molar-refractivity contribution in [1.82, 2.24) is 0 Å². The molecule has 1 aliphatic rings. The molecular formula is C11H13NO2S2. The molecule has 86 valence electrons. The minimum absolute atomic E-state index is 0.251. The molecular weight excluding hydrogens is 242 g/mol. The summed E-state index contributed by atoms with van der Waals surface area (Å²) in [5.41, 5.74) is 7.20. The molecule has 1 aromatic rings. The first-order valence-electron chi connectivity index (χ1n) is 5.00. The van der Waals surface area contributed by atoms with Gasteiger partial charge in [0, 0.05) is 11.5 Å². The Bertz CT molecular complexity index is 361. The van der Waals surface area contributed by atoms with Crippen LogP contribution in [0.4, 0.5) is 4.79 Å². The van der Waals surface area contributed by atoms with Crippen molar-refractivity contribution in [2.24, 2.45) is 5.73 Å². The third-order valence-electron chi connectivity index (χ3n) is 2.25. The van der Waals surface area contributed by atoms with Crippen molar-refractivity contribution in [1.29, 1.82) is 0 Å². The van der Waals surface area contributed by atoms with Gasteiger partial charge >= 0.3 is 6.09 Å². The molecule has 1 fully saturated rings. The van der Waals surface area contributed by atoms with Crippen molar-refractivity contribution in [2.75, 3.05) is 11.5 Å². The first-order valence-corrected chi connectivity index (χ1v) is 7.10. The van der Waals surface area contributed by atoms with E-state index in [4.69, 9.17) is 10.5 Å². The Morgan fingerprint density at radius 2 is 1.94 bits per heavy atom. The minimum atomic E-state index is -0.731. The van der Waals surface area contributed by atoms with E-state index in [1.165, 1.54) is 17.1 Å². The Labute approximate surface area is 103 Å². The highest BCUT2D eigenvalue weighted by atomic mass is 32.2. The van der Waals surface area contributed by atoms with Crippen LogP contribution in [0, 0.1) is 0 Å². The lowest BCUT2D eigenvalue weighted by Crippen LogP contribution is -2.12. The SMILES string of the molecule is NC(=O)OCc1ccc(C2SCCS2)cc1. The third-order valence-corrected chi connectivity index (χ3v) is 5.36. The number of benzene rings is 1. The Morgan fingerprint density at radius 3 is 2.50 bits per heavy atom. The Hall–Kier alpha value is -0.810. The third kappa shape index (κ3) is 3.09. The number of thioether (sulfide) groups is 2. The molecule has 1 saturated heterocycles. The zero-order valence-corrected chi connectivity index (χ0v) is 10.4. The molecule has 5 heteroatoms. The summed E-state index contributed by atoms with van der Waals surface area (Å²) in [4.78, 5) is 10.4. The molecule has 1 aromatic carbocycles. The lowest BCUT2D eigenvalue weighted by Gasteiger charge is -2.09. The van der Waals surface area contributed by atoms with Crippen molar-refractivity contribution in [2.45, 2.75) is 11.2 Å². The molecule has 0 bridgehead atoms. The summed E-state index contributed by atoms with van der Waals surface area (Å²) in [6, 6.07) is 8.15. The molecule has 2 rings (SSSR count). The number of amides is 1. The standard InChI is InChI=1S/C11H13NO2S2/c12-11(13)14-7-8-1-3-9(4-2-8)10-15-5-6-16-10/h1-4,10H,5-7H2,(H2,12,13). The Morgan fingerprint density at radius 1 is 1.31 bits per heavy atom. The van der Waals surface area contributed by atoms with Gasteiger partial charge in [-0.2, -0.15) is 0 Å². The van der Waals surface area contributed by atoms with Gasteiger partial charge in [0.2, 0.25) is 0 Å². The fourth-order valence-corrected chi connectivity index (χ4v) is 4.34. The molecule has 1 heterocycles. The van der Waals surface area contributed by atoms with Gasteiger partial charge in [0.1, 0.15) is 6.61 Å². The maximum absolute atomic E-state index is 10.4. The van der Waals surface area contributed by atoms with Crippen LogP contribution in [-0.2, 0) is 11.3 Å². The van der Waals surface area contributed by atoms with E-state index in [9.17, 15) is 4.79 Å². The summed E-state index contributed by atoms with van der Waals surface area (Å²) in [6.45, 7) is 0.251. The highest BCUT2D eigenvalue weighted by Crippen LogP contribution is 2.45. The van der Waals surface area contributed by atoms with Gasteiger partial charge < -0.3 is 10.5 Å². The molecule has 0 aromatic heterocycles. The summed E-state index contributed by atoms with van der Waals surface area (Å²) in [6.07, 6.45) is -0.731. The molecule has 2 N–H and O–H groups in total. The van der Waals surface area contributed by atoms with Crippen LogP contribution in [0.1, 0.15) is 15.7 Å². The van der Waals surface area contributed by atoms with Gasteiger partial charge in [0.05, 0.1) is 4.58 Å². The second-order valence-electron chi connectivity index (χ2n) is 3.42. The summed E-state index contributed by atoms with van der Waals surface area (Å²) in [5, 5.41) is 0. The highest BCUT2D eigenvalue weighted by Gasteiger charge is 2.17. The van der Waals surface area contributed by atoms with Crippen LogP contribution in [0.3, 0.4) is 0 Å². The minimum Gasteiger partial charge on any atom is -0.445 e. The molecule has 0 saturated carbocycles. The second kappa shape index (κ2) is 5.50. The van der Waals surface area contributed by atoms with Gasteiger partial charge in [0.15, 0.2) is 0 Å². The smallest absolute Gasteiger partial charge is 0.404 e. The van der Waals surface area contributed by atoms with Crippen LogP contribution >= 0.6 is 23.5 Å². The predicted octanol–water partition coefficient (Wildman–Crippen LogP) is 2.76. The molecule has 0 aliphatic carbocycles. The van der Waals surface area contributed by atoms with Crippen LogP contribution in [0.25, 0.3) is 0 Å². The molecule has 0 spiro atoms. The number of carbonyl (C=O) groups excluding carboxylic acids is 1. The monoisotopic (exact) mass is 255 g/mol. The van der Waals surface area contributed by atoms with E-state index in [1.807, 2.05) is 35.7 Å². The van der Waals surface area contributed by atoms with Crippen molar-refractivity contribution < 1.29 is 9.53 Å². The normalized spacial score (nSPS) is 16.2. The first-order chi connectivity index (χ1) is 7.75.